The third-order valence-corrected chi connectivity index (χ3v) is 6.52. The van der Waals surface area contributed by atoms with Crippen molar-refractivity contribution in [3.8, 4) is 0 Å². The maximum Gasteiger partial charge on any atom is 0.0655 e. The van der Waals surface area contributed by atoms with Crippen LogP contribution >= 0.6 is 0 Å². The summed E-state index contributed by atoms with van der Waals surface area (Å²) in [4.78, 5) is 0. The van der Waals surface area contributed by atoms with Gasteiger partial charge in [-0.3, -0.25) is 0 Å². The number of fused-ring (bicyclic) bond motifs is 1. The van der Waals surface area contributed by atoms with Crippen molar-refractivity contribution >= 4 is 0 Å². The van der Waals surface area contributed by atoms with Crippen LogP contribution in [0.2, 0.25) is 0 Å². The van der Waals surface area contributed by atoms with E-state index in [2.05, 4.69) is 26.1 Å². The Balaban J connectivity index is 1.49. The van der Waals surface area contributed by atoms with Crippen LogP contribution in [0, 0.1) is 17.3 Å². The third kappa shape index (κ3) is 2.78. The molecule has 3 rings (SSSR count). The largest absolute Gasteiger partial charge is 0.378 e. The number of rotatable bonds is 4. The summed E-state index contributed by atoms with van der Waals surface area (Å²) >= 11 is 0. The summed E-state index contributed by atoms with van der Waals surface area (Å²) in [6.45, 7) is 7.72. The highest BCUT2D eigenvalue weighted by Crippen LogP contribution is 2.45. The minimum atomic E-state index is 0.319. The topological polar surface area (TPSA) is 21.3 Å². The summed E-state index contributed by atoms with van der Waals surface area (Å²) in [7, 11) is 0. The SMILES string of the molecule is CCOC1CC(NC2CCC3CCCCC3C2)C1(C)C. The van der Waals surface area contributed by atoms with Crippen LogP contribution in [-0.4, -0.2) is 24.8 Å². The predicted octanol–water partition coefficient (Wildman–Crippen LogP) is 4.14. The lowest BCUT2D eigenvalue weighted by atomic mass is 9.63. The van der Waals surface area contributed by atoms with Crippen LogP contribution in [0.3, 0.4) is 0 Å². The van der Waals surface area contributed by atoms with E-state index in [0.717, 1.165) is 24.5 Å². The van der Waals surface area contributed by atoms with E-state index in [4.69, 9.17) is 4.74 Å². The molecule has 0 radical (unpaired) electrons. The van der Waals surface area contributed by atoms with E-state index in [1.807, 2.05) is 0 Å². The quantitative estimate of drug-likeness (QED) is 0.835. The molecule has 0 aromatic rings. The molecule has 0 heterocycles. The molecule has 3 aliphatic carbocycles. The molecule has 2 nitrogen and oxygen atoms in total. The van der Waals surface area contributed by atoms with Gasteiger partial charge in [0.1, 0.15) is 0 Å². The molecule has 1 N–H and O–H groups in total. The Kier molecular flexibility index (Phi) is 4.42. The fourth-order valence-electron chi connectivity index (χ4n) is 4.96. The van der Waals surface area contributed by atoms with Gasteiger partial charge in [-0.2, -0.15) is 0 Å². The number of ether oxygens (including phenoxy) is 1. The van der Waals surface area contributed by atoms with Gasteiger partial charge in [-0.1, -0.05) is 39.5 Å². The molecule has 20 heavy (non-hydrogen) atoms. The molecule has 3 fully saturated rings. The van der Waals surface area contributed by atoms with Crippen LogP contribution in [-0.2, 0) is 4.74 Å². The third-order valence-electron chi connectivity index (χ3n) is 6.52. The fraction of sp³-hybridized carbons (Fsp3) is 1.00. The van der Waals surface area contributed by atoms with Gasteiger partial charge in [0.25, 0.3) is 0 Å². The molecule has 0 saturated heterocycles. The Morgan fingerprint density at radius 1 is 1.00 bits per heavy atom. The van der Waals surface area contributed by atoms with E-state index < -0.39 is 0 Å². The zero-order valence-corrected chi connectivity index (χ0v) is 13.7. The second-order valence-corrected chi connectivity index (χ2v) is 8.03. The molecule has 0 spiro atoms. The Morgan fingerprint density at radius 3 is 2.45 bits per heavy atom. The first-order chi connectivity index (χ1) is 9.61. The minimum absolute atomic E-state index is 0.319. The van der Waals surface area contributed by atoms with Gasteiger partial charge in [0.05, 0.1) is 6.10 Å². The standard InChI is InChI=1S/C18H33NO/c1-4-20-17-12-16(18(17,2)3)19-15-10-9-13-7-5-6-8-14(13)11-15/h13-17,19H,4-12H2,1-3H3. The number of hydrogen-bond donors (Lipinski definition) is 1. The smallest absolute Gasteiger partial charge is 0.0655 e. The van der Waals surface area contributed by atoms with Crippen molar-refractivity contribution < 1.29 is 4.74 Å². The molecule has 5 unspecified atom stereocenters. The van der Waals surface area contributed by atoms with Gasteiger partial charge in [-0.05, 0) is 44.4 Å². The summed E-state index contributed by atoms with van der Waals surface area (Å²) in [6, 6.07) is 1.45. The van der Waals surface area contributed by atoms with Gasteiger partial charge in [0, 0.05) is 24.1 Å². The summed E-state index contributed by atoms with van der Waals surface area (Å²) in [5, 5.41) is 3.99. The van der Waals surface area contributed by atoms with Gasteiger partial charge in [0.2, 0.25) is 0 Å². The number of hydrogen-bond acceptors (Lipinski definition) is 2. The van der Waals surface area contributed by atoms with Crippen molar-refractivity contribution in [2.75, 3.05) is 6.61 Å². The first-order valence-electron chi connectivity index (χ1n) is 8.99. The second kappa shape index (κ2) is 5.96. The molecule has 0 aliphatic heterocycles. The molecular formula is C18H33NO. The lowest BCUT2D eigenvalue weighted by Gasteiger charge is -2.54. The zero-order valence-electron chi connectivity index (χ0n) is 13.7. The fourth-order valence-corrected chi connectivity index (χ4v) is 4.96. The molecule has 0 amide bonds. The average Bonchev–Trinajstić information content (AvgIpc) is 2.46. The highest BCUT2D eigenvalue weighted by atomic mass is 16.5. The second-order valence-electron chi connectivity index (χ2n) is 8.03. The maximum absolute atomic E-state index is 5.86. The van der Waals surface area contributed by atoms with E-state index in [9.17, 15) is 0 Å². The first-order valence-corrected chi connectivity index (χ1v) is 8.99. The molecule has 116 valence electrons. The summed E-state index contributed by atoms with van der Waals surface area (Å²) < 4.78 is 5.86. The normalized spacial score (nSPS) is 43.6. The average molecular weight is 279 g/mol. The Morgan fingerprint density at radius 2 is 1.75 bits per heavy atom. The van der Waals surface area contributed by atoms with Gasteiger partial charge >= 0.3 is 0 Å². The first kappa shape index (κ1) is 14.8. The zero-order chi connectivity index (χ0) is 14.2. The molecule has 2 heteroatoms. The van der Waals surface area contributed by atoms with E-state index >= 15 is 0 Å². The minimum Gasteiger partial charge on any atom is -0.378 e. The van der Waals surface area contributed by atoms with Crippen LogP contribution in [0.4, 0.5) is 0 Å². The van der Waals surface area contributed by atoms with E-state index in [1.54, 1.807) is 0 Å². The van der Waals surface area contributed by atoms with Crippen LogP contribution in [0.25, 0.3) is 0 Å². The molecular weight excluding hydrogens is 246 g/mol. The summed E-state index contributed by atoms with van der Waals surface area (Å²) in [5.74, 6) is 2.09. The van der Waals surface area contributed by atoms with E-state index in [-0.39, 0.29) is 0 Å². The van der Waals surface area contributed by atoms with Crippen LogP contribution in [0.1, 0.15) is 72.1 Å². The van der Waals surface area contributed by atoms with Crippen LogP contribution < -0.4 is 5.32 Å². The highest BCUT2D eigenvalue weighted by molar-refractivity contribution is 5.04. The number of nitrogens with one attached hydrogen (secondary N) is 1. The van der Waals surface area contributed by atoms with Crippen molar-refractivity contribution in [3.05, 3.63) is 0 Å². The molecule has 3 aliphatic rings. The monoisotopic (exact) mass is 279 g/mol. The van der Waals surface area contributed by atoms with Gasteiger partial charge in [-0.25, -0.2) is 0 Å². The Labute approximate surface area is 125 Å². The molecule has 3 saturated carbocycles. The maximum atomic E-state index is 5.86. The van der Waals surface area contributed by atoms with E-state index in [1.165, 1.54) is 51.4 Å². The van der Waals surface area contributed by atoms with Crippen LogP contribution in [0.15, 0.2) is 0 Å². The van der Waals surface area contributed by atoms with Crippen molar-refractivity contribution in [2.24, 2.45) is 17.3 Å². The lowest BCUT2D eigenvalue weighted by Crippen LogP contribution is -2.63. The Hall–Kier alpha value is -0.0800. The van der Waals surface area contributed by atoms with Crippen molar-refractivity contribution in [3.63, 3.8) is 0 Å². The molecule has 0 aromatic heterocycles. The Bertz CT molecular complexity index is 327. The molecule has 5 atom stereocenters. The molecule has 0 bridgehead atoms. The molecule has 0 aromatic carbocycles. The van der Waals surface area contributed by atoms with Crippen LogP contribution in [0.5, 0.6) is 0 Å². The lowest BCUT2D eigenvalue weighted by molar-refractivity contribution is -0.118. The van der Waals surface area contributed by atoms with Gasteiger partial charge in [0.15, 0.2) is 0 Å². The van der Waals surface area contributed by atoms with Crippen molar-refractivity contribution in [2.45, 2.75) is 90.3 Å². The highest BCUT2D eigenvalue weighted by Gasteiger charge is 2.49. The summed E-state index contributed by atoms with van der Waals surface area (Å²) in [6.07, 6.45) is 12.0. The predicted molar refractivity (Wildman–Crippen MR) is 83.8 cm³/mol. The van der Waals surface area contributed by atoms with Crippen molar-refractivity contribution in [1.82, 2.24) is 5.32 Å². The van der Waals surface area contributed by atoms with E-state index in [0.29, 0.717) is 17.6 Å². The van der Waals surface area contributed by atoms with Gasteiger partial charge in [-0.15, -0.1) is 0 Å². The summed E-state index contributed by atoms with van der Waals surface area (Å²) in [5.41, 5.74) is 0.319. The van der Waals surface area contributed by atoms with Crippen molar-refractivity contribution in [1.29, 1.82) is 0 Å². The van der Waals surface area contributed by atoms with Gasteiger partial charge < -0.3 is 10.1 Å².